The lowest BCUT2D eigenvalue weighted by molar-refractivity contribution is 0.238. The number of benzene rings is 2. The molecule has 2 aliphatic rings. The first kappa shape index (κ1) is 17.4. The Bertz CT molecular complexity index is 769. The fourth-order valence-corrected chi connectivity index (χ4v) is 4.12. The number of ether oxygens (including phenoxy) is 1. The largest absolute Gasteiger partial charge is 0.492 e. The highest BCUT2D eigenvalue weighted by atomic mass is 16.5. The molecule has 2 nitrogen and oxygen atoms in total. The normalized spacial score (nSPS) is 17.0. The van der Waals surface area contributed by atoms with Gasteiger partial charge in [0.2, 0.25) is 0 Å². The van der Waals surface area contributed by atoms with Crippen LogP contribution < -0.4 is 4.74 Å². The third-order valence-electron chi connectivity index (χ3n) is 5.67. The molecule has 1 fully saturated rings. The fraction of sp³-hybridized carbons (Fsp3) is 0.417. The second kappa shape index (κ2) is 8.09. The molecular formula is C24H29NO. The van der Waals surface area contributed by atoms with Gasteiger partial charge in [-0.1, -0.05) is 43.3 Å². The zero-order chi connectivity index (χ0) is 17.8. The SMILES string of the molecule is CCc1ccc2c(c1)CCC=C2c1ccc(OCCN2CCCC2)cc1. The maximum atomic E-state index is 5.95. The highest BCUT2D eigenvalue weighted by Gasteiger charge is 2.15. The Kier molecular flexibility index (Phi) is 5.40. The van der Waals surface area contributed by atoms with E-state index in [2.05, 4.69) is 60.4 Å². The van der Waals surface area contributed by atoms with Crippen LogP contribution in [0, 0.1) is 0 Å². The maximum Gasteiger partial charge on any atom is 0.119 e. The highest BCUT2D eigenvalue weighted by molar-refractivity contribution is 5.82. The van der Waals surface area contributed by atoms with Gasteiger partial charge in [-0.3, -0.25) is 4.90 Å². The van der Waals surface area contributed by atoms with Gasteiger partial charge in [-0.2, -0.15) is 0 Å². The number of hydrogen-bond donors (Lipinski definition) is 0. The van der Waals surface area contributed by atoms with E-state index in [4.69, 9.17) is 4.74 Å². The Morgan fingerprint density at radius 1 is 1.00 bits per heavy atom. The molecule has 136 valence electrons. The van der Waals surface area contributed by atoms with E-state index in [1.807, 2.05) is 0 Å². The van der Waals surface area contributed by atoms with E-state index in [0.29, 0.717) is 0 Å². The molecule has 0 amide bonds. The summed E-state index contributed by atoms with van der Waals surface area (Å²) in [4.78, 5) is 2.49. The number of likely N-dealkylation sites (tertiary alicyclic amines) is 1. The van der Waals surface area contributed by atoms with Gasteiger partial charge < -0.3 is 4.74 Å². The standard InChI is InChI=1S/C24H29NO/c1-2-19-8-13-24-21(18-19)6-5-7-23(24)20-9-11-22(12-10-20)26-17-16-25-14-3-4-15-25/h7-13,18H,2-6,14-17H2,1H3. The number of nitrogens with zero attached hydrogens (tertiary/aromatic N) is 1. The minimum Gasteiger partial charge on any atom is -0.492 e. The number of allylic oxidation sites excluding steroid dienone is 1. The molecule has 2 aromatic rings. The quantitative estimate of drug-likeness (QED) is 0.721. The molecule has 1 aliphatic heterocycles. The van der Waals surface area contributed by atoms with Crippen LogP contribution in [0.4, 0.5) is 0 Å². The van der Waals surface area contributed by atoms with Crippen molar-refractivity contribution in [1.29, 1.82) is 0 Å². The fourth-order valence-electron chi connectivity index (χ4n) is 4.12. The molecule has 4 rings (SSSR count). The van der Waals surface area contributed by atoms with Crippen molar-refractivity contribution in [3.05, 3.63) is 70.8 Å². The predicted octanol–water partition coefficient (Wildman–Crippen LogP) is 5.10. The molecule has 0 unspecified atom stereocenters. The number of aryl methyl sites for hydroxylation is 2. The average molecular weight is 348 g/mol. The van der Waals surface area contributed by atoms with Crippen LogP contribution in [0.25, 0.3) is 5.57 Å². The zero-order valence-corrected chi connectivity index (χ0v) is 15.8. The average Bonchev–Trinajstić information content (AvgIpc) is 3.21. The van der Waals surface area contributed by atoms with Crippen molar-refractivity contribution in [1.82, 2.24) is 4.90 Å². The second-order valence-corrected chi connectivity index (χ2v) is 7.42. The van der Waals surface area contributed by atoms with Crippen LogP contribution >= 0.6 is 0 Å². The van der Waals surface area contributed by atoms with Crippen molar-refractivity contribution in [3.8, 4) is 5.75 Å². The van der Waals surface area contributed by atoms with Gasteiger partial charge in [-0.25, -0.2) is 0 Å². The Labute approximate surface area is 157 Å². The van der Waals surface area contributed by atoms with Crippen molar-refractivity contribution in [2.45, 2.75) is 39.0 Å². The molecule has 0 saturated carbocycles. The van der Waals surface area contributed by atoms with Crippen molar-refractivity contribution in [2.24, 2.45) is 0 Å². The molecule has 0 aromatic heterocycles. The van der Waals surface area contributed by atoms with E-state index in [1.165, 1.54) is 53.8 Å². The van der Waals surface area contributed by atoms with Crippen LogP contribution in [0.5, 0.6) is 5.75 Å². The summed E-state index contributed by atoms with van der Waals surface area (Å²) < 4.78 is 5.95. The lowest BCUT2D eigenvalue weighted by Crippen LogP contribution is -2.25. The third kappa shape index (κ3) is 3.86. The van der Waals surface area contributed by atoms with E-state index < -0.39 is 0 Å². The predicted molar refractivity (Wildman–Crippen MR) is 109 cm³/mol. The molecule has 0 atom stereocenters. The number of rotatable bonds is 6. The smallest absolute Gasteiger partial charge is 0.119 e. The molecule has 0 radical (unpaired) electrons. The van der Waals surface area contributed by atoms with E-state index in [-0.39, 0.29) is 0 Å². The van der Waals surface area contributed by atoms with Gasteiger partial charge in [-0.15, -0.1) is 0 Å². The lowest BCUT2D eigenvalue weighted by atomic mass is 9.86. The summed E-state index contributed by atoms with van der Waals surface area (Å²) in [5.74, 6) is 0.978. The molecule has 0 spiro atoms. The number of fused-ring (bicyclic) bond motifs is 1. The van der Waals surface area contributed by atoms with E-state index in [1.54, 1.807) is 0 Å². The Hall–Kier alpha value is -2.06. The third-order valence-corrected chi connectivity index (χ3v) is 5.67. The Morgan fingerprint density at radius 2 is 1.81 bits per heavy atom. The van der Waals surface area contributed by atoms with Crippen molar-refractivity contribution in [3.63, 3.8) is 0 Å². The Balaban J connectivity index is 1.43. The van der Waals surface area contributed by atoms with Crippen LogP contribution in [-0.4, -0.2) is 31.1 Å². The molecule has 1 aliphatic carbocycles. The molecule has 0 bridgehead atoms. The topological polar surface area (TPSA) is 12.5 Å². The minimum atomic E-state index is 0.782. The van der Waals surface area contributed by atoms with Crippen LogP contribution in [0.2, 0.25) is 0 Å². The molecule has 2 aromatic carbocycles. The van der Waals surface area contributed by atoms with Gasteiger partial charge in [0.25, 0.3) is 0 Å². The van der Waals surface area contributed by atoms with Gasteiger partial charge in [0.15, 0.2) is 0 Å². The maximum absolute atomic E-state index is 5.95. The molecule has 0 N–H and O–H groups in total. The highest BCUT2D eigenvalue weighted by Crippen LogP contribution is 2.33. The summed E-state index contributed by atoms with van der Waals surface area (Å²) >= 11 is 0. The van der Waals surface area contributed by atoms with Gasteiger partial charge in [0.05, 0.1) is 0 Å². The van der Waals surface area contributed by atoms with Crippen LogP contribution in [0.1, 0.15) is 48.4 Å². The summed E-state index contributed by atoms with van der Waals surface area (Å²) in [5, 5.41) is 0. The van der Waals surface area contributed by atoms with E-state index in [9.17, 15) is 0 Å². The van der Waals surface area contributed by atoms with Crippen molar-refractivity contribution in [2.75, 3.05) is 26.2 Å². The lowest BCUT2D eigenvalue weighted by Gasteiger charge is -2.19. The van der Waals surface area contributed by atoms with Crippen LogP contribution in [0.15, 0.2) is 48.5 Å². The van der Waals surface area contributed by atoms with Crippen LogP contribution in [-0.2, 0) is 12.8 Å². The molecule has 1 saturated heterocycles. The van der Waals surface area contributed by atoms with Crippen molar-refractivity contribution >= 4 is 5.57 Å². The minimum absolute atomic E-state index is 0.782. The monoisotopic (exact) mass is 347 g/mol. The first-order valence-corrected chi connectivity index (χ1v) is 10.1. The summed E-state index contributed by atoms with van der Waals surface area (Å²) in [6.07, 6.45) is 8.46. The van der Waals surface area contributed by atoms with Crippen molar-refractivity contribution < 1.29 is 4.74 Å². The zero-order valence-electron chi connectivity index (χ0n) is 15.8. The van der Waals surface area contributed by atoms with Gasteiger partial charge in [-0.05, 0) is 85.2 Å². The first-order chi connectivity index (χ1) is 12.8. The summed E-state index contributed by atoms with van der Waals surface area (Å²) in [6, 6.07) is 15.6. The second-order valence-electron chi connectivity index (χ2n) is 7.42. The van der Waals surface area contributed by atoms with Crippen LogP contribution in [0.3, 0.4) is 0 Å². The molecule has 1 heterocycles. The van der Waals surface area contributed by atoms with E-state index >= 15 is 0 Å². The summed E-state index contributed by atoms with van der Waals surface area (Å²) in [7, 11) is 0. The van der Waals surface area contributed by atoms with Gasteiger partial charge in [0.1, 0.15) is 12.4 Å². The van der Waals surface area contributed by atoms with E-state index in [0.717, 1.165) is 38.2 Å². The summed E-state index contributed by atoms with van der Waals surface area (Å²) in [5.41, 5.74) is 7.00. The molecule has 26 heavy (non-hydrogen) atoms. The summed E-state index contributed by atoms with van der Waals surface area (Å²) in [6.45, 7) is 6.51. The molecule has 2 heteroatoms. The van der Waals surface area contributed by atoms with Gasteiger partial charge >= 0.3 is 0 Å². The van der Waals surface area contributed by atoms with Gasteiger partial charge in [0, 0.05) is 6.54 Å². The first-order valence-electron chi connectivity index (χ1n) is 10.1. The number of hydrogen-bond acceptors (Lipinski definition) is 2. The molecular weight excluding hydrogens is 318 g/mol. The Morgan fingerprint density at radius 3 is 2.58 bits per heavy atom.